The van der Waals surface area contributed by atoms with Gasteiger partial charge in [0.2, 0.25) is 0 Å². The van der Waals surface area contributed by atoms with Gasteiger partial charge in [0.1, 0.15) is 0 Å². The van der Waals surface area contributed by atoms with Crippen LogP contribution in [0.25, 0.3) is 10.8 Å². The van der Waals surface area contributed by atoms with Crippen LogP contribution < -0.4 is 0 Å². The highest BCUT2D eigenvalue weighted by atomic mass is 32.2. The van der Waals surface area contributed by atoms with Crippen LogP contribution >= 0.6 is 11.8 Å². The van der Waals surface area contributed by atoms with Gasteiger partial charge in [-0.25, -0.2) is 9.78 Å². The maximum Gasteiger partial charge on any atom is 0.335 e. The molecule has 0 spiro atoms. The number of carbonyl (C=O) groups is 1. The first-order valence-electron chi connectivity index (χ1n) is 11.9. The van der Waals surface area contributed by atoms with E-state index in [1.165, 1.54) is 16.3 Å². The van der Waals surface area contributed by atoms with E-state index in [1.54, 1.807) is 23.9 Å². The number of benzene rings is 3. The third-order valence-electron chi connectivity index (χ3n) is 6.40. The molecule has 0 atom stereocenters. The van der Waals surface area contributed by atoms with Crippen molar-refractivity contribution in [3.8, 4) is 0 Å². The molecule has 0 aliphatic carbocycles. The average molecular weight is 488 g/mol. The van der Waals surface area contributed by atoms with Crippen LogP contribution in [0.5, 0.6) is 0 Å². The Morgan fingerprint density at radius 3 is 2.57 bits per heavy atom. The molecular weight excluding hydrogens is 458 g/mol. The van der Waals surface area contributed by atoms with Crippen LogP contribution in [-0.4, -0.2) is 58.4 Å². The fourth-order valence-electron chi connectivity index (χ4n) is 4.51. The highest BCUT2D eigenvalue weighted by Crippen LogP contribution is 2.27. The Morgan fingerprint density at radius 2 is 1.71 bits per heavy atom. The fourth-order valence-corrected chi connectivity index (χ4v) is 5.51. The van der Waals surface area contributed by atoms with Gasteiger partial charge in [0.25, 0.3) is 0 Å². The maximum absolute atomic E-state index is 11.7. The summed E-state index contributed by atoms with van der Waals surface area (Å²) in [6.45, 7) is 5.18. The molecule has 0 radical (unpaired) electrons. The van der Waals surface area contributed by atoms with Gasteiger partial charge in [-0.2, -0.15) is 0 Å². The number of aromatic carboxylic acids is 1. The summed E-state index contributed by atoms with van der Waals surface area (Å²) in [7, 11) is 0. The topological polar surface area (TPSA) is 67.6 Å². The van der Waals surface area contributed by atoms with Crippen molar-refractivity contribution < 1.29 is 14.6 Å². The van der Waals surface area contributed by atoms with Crippen molar-refractivity contribution in [2.45, 2.75) is 23.9 Å². The van der Waals surface area contributed by atoms with Gasteiger partial charge in [0, 0.05) is 38.0 Å². The van der Waals surface area contributed by atoms with E-state index in [4.69, 9.17) is 9.72 Å². The minimum absolute atomic E-state index is 0.347. The van der Waals surface area contributed by atoms with Crippen LogP contribution in [0.3, 0.4) is 0 Å². The molecule has 7 heteroatoms. The molecule has 6 nitrogen and oxygen atoms in total. The van der Waals surface area contributed by atoms with Crippen molar-refractivity contribution in [1.29, 1.82) is 0 Å². The Hall–Kier alpha value is -3.13. The SMILES string of the molecule is O=C(O)c1ccccc1CSc1nc(CCN2CCOCC2)cn1Cc1cccc2ccccc12. The number of rotatable bonds is 9. The highest BCUT2D eigenvalue weighted by molar-refractivity contribution is 7.98. The summed E-state index contributed by atoms with van der Waals surface area (Å²) in [5.74, 6) is -0.343. The zero-order valence-corrected chi connectivity index (χ0v) is 20.4. The Kier molecular flexibility index (Phi) is 7.47. The van der Waals surface area contributed by atoms with Crippen molar-refractivity contribution in [3.63, 3.8) is 0 Å². The van der Waals surface area contributed by atoms with E-state index in [0.717, 1.165) is 62.2 Å². The van der Waals surface area contributed by atoms with Crippen LogP contribution in [0, 0.1) is 0 Å². The highest BCUT2D eigenvalue weighted by Gasteiger charge is 2.16. The number of thioether (sulfide) groups is 1. The van der Waals surface area contributed by atoms with E-state index < -0.39 is 5.97 Å². The summed E-state index contributed by atoms with van der Waals surface area (Å²) in [5.41, 5.74) is 3.46. The van der Waals surface area contributed by atoms with E-state index >= 15 is 0 Å². The molecule has 0 bridgehead atoms. The number of hydrogen-bond donors (Lipinski definition) is 1. The number of morpholine rings is 1. The molecule has 0 unspecified atom stereocenters. The second kappa shape index (κ2) is 11.1. The number of imidazole rings is 1. The van der Waals surface area contributed by atoms with Crippen LogP contribution in [-0.2, 0) is 23.5 Å². The number of carboxylic acids is 1. The molecule has 35 heavy (non-hydrogen) atoms. The van der Waals surface area contributed by atoms with Crippen molar-refractivity contribution in [1.82, 2.24) is 14.5 Å². The standard InChI is InChI=1S/C28H29N3O3S/c32-27(33)26-11-4-2-7-23(26)20-35-28-29-24(12-13-30-14-16-34-17-15-30)19-31(28)18-22-9-5-8-21-6-1-3-10-25(21)22/h1-11,19H,12-18,20H2,(H,32,33). The summed E-state index contributed by atoms with van der Waals surface area (Å²) >= 11 is 1.59. The zero-order chi connectivity index (χ0) is 24.0. The van der Waals surface area contributed by atoms with Gasteiger partial charge in [0.05, 0.1) is 31.0 Å². The van der Waals surface area contributed by atoms with Gasteiger partial charge in [0.15, 0.2) is 5.16 Å². The van der Waals surface area contributed by atoms with Crippen LogP contribution in [0.1, 0.15) is 27.2 Å². The smallest absolute Gasteiger partial charge is 0.335 e. The molecule has 1 N–H and O–H groups in total. The molecule has 0 amide bonds. The molecule has 1 aliphatic rings. The predicted molar refractivity (Wildman–Crippen MR) is 139 cm³/mol. The van der Waals surface area contributed by atoms with Crippen LogP contribution in [0.4, 0.5) is 0 Å². The monoisotopic (exact) mass is 487 g/mol. The van der Waals surface area contributed by atoms with Crippen molar-refractivity contribution in [3.05, 3.63) is 95.3 Å². The van der Waals surface area contributed by atoms with Gasteiger partial charge in [-0.05, 0) is 28.0 Å². The van der Waals surface area contributed by atoms with Crippen LogP contribution in [0.15, 0.2) is 78.1 Å². The van der Waals surface area contributed by atoms with Gasteiger partial charge in [-0.15, -0.1) is 0 Å². The summed E-state index contributed by atoms with van der Waals surface area (Å²) in [6.07, 6.45) is 3.04. The second-order valence-electron chi connectivity index (χ2n) is 8.74. The lowest BCUT2D eigenvalue weighted by molar-refractivity contribution is 0.0383. The lowest BCUT2D eigenvalue weighted by Gasteiger charge is -2.26. The van der Waals surface area contributed by atoms with Crippen molar-refractivity contribution in [2.24, 2.45) is 0 Å². The minimum Gasteiger partial charge on any atom is -0.478 e. The van der Waals surface area contributed by atoms with Crippen LogP contribution in [0.2, 0.25) is 0 Å². The third kappa shape index (κ3) is 5.75. The molecule has 180 valence electrons. The van der Waals surface area contributed by atoms with Crippen molar-refractivity contribution in [2.75, 3.05) is 32.8 Å². The molecule has 2 heterocycles. The summed E-state index contributed by atoms with van der Waals surface area (Å²) in [5, 5.41) is 12.9. The number of fused-ring (bicyclic) bond motifs is 1. The number of nitrogens with zero attached hydrogens (tertiary/aromatic N) is 3. The Morgan fingerprint density at radius 1 is 0.971 bits per heavy atom. The lowest BCUT2D eigenvalue weighted by atomic mass is 10.0. The van der Waals surface area contributed by atoms with E-state index in [9.17, 15) is 9.90 Å². The Bertz CT molecular complexity index is 1310. The first kappa shape index (κ1) is 23.6. The number of carboxylic acid groups (broad SMARTS) is 1. The van der Waals surface area contributed by atoms with E-state index in [1.807, 2.05) is 12.1 Å². The molecule has 5 rings (SSSR count). The van der Waals surface area contributed by atoms with Gasteiger partial charge in [-0.1, -0.05) is 72.4 Å². The fraction of sp³-hybridized carbons (Fsp3) is 0.286. The number of ether oxygens (including phenoxy) is 1. The number of aromatic nitrogens is 2. The maximum atomic E-state index is 11.7. The Balaban J connectivity index is 1.40. The first-order valence-corrected chi connectivity index (χ1v) is 12.9. The molecule has 1 aliphatic heterocycles. The van der Waals surface area contributed by atoms with E-state index in [2.05, 4.69) is 58.1 Å². The normalized spacial score (nSPS) is 14.4. The molecule has 0 saturated carbocycles. The molecular formula is C28H29N3O3S. The summed E-state index contributed by atoms with van der Waals surface area (Å²) in [6, 6.07) is 22.0. The molecule has 3 aromatic carbocycles. The van der Waals surface area contributed by atoms with Gasteiger partial charge in [-0.3, -0.25) is 4.90 Å². The largest absolute Gasteiger partial charge is 0.478 e. The lowest BCUT2D eigenvalue weighted by Crippen LogP contribution is -2.37. The molecule has 1 aromatic heterocycles. The Labute approximate surface area is 209 Å². The van der Waals surface area contributed by atoms with Gasteiger partial charge < -0.3 is 14.4 Å². The predicted octanol–water partition coefficient (Wildman–Crippen LogP) is 4.95. The quantitative estimate of drug-likeness (QED) is 0.337. The van der Waals surface area contributed by atoms with Gasteiger partial charge >= 0.3 is 5.97 Å². The van der Waals surface area contributed by atoms with E-state index in [0.29, 0.717) is 11.3 Å². The minimum atomic E-state index is -0.897. The molecule has 1 fully saturated rings. The second-order valence-corrected chi connectivity index (χ2v) is 9.68. The average Bonchev–Trinajstić information content (AvgIpc) is 3.28. The number of hydrogen-bond acceptors (Lipinski definition) is 5. The summed E-state index contributed by atoms with van der Waals surface area (Å²) < 4.78 is 7.68. The summed E-state index contributed by atoms with van der Waals surface area (Å²) in [4.78, 5) is 19.1. The molecule has 1 saturated heterocycles. The third-order valence-corrected chi connectivity index (χ3v) is 7.44. The first-order chi connectivity index (χ1) is 17.2. The zero-order valence-electron chi connectivity index (χ0n) is 19.6. The van der Waals surface area contributed by atoms with Crippen molar-refractivity contribution >= 4 is 28.5 Å². The molecule has 4 aromatic rings. The van der Waals surface area contributed by atoms with E-state index in [-0.39, 0.29) is 0 Å².